The second kappa shape index (κ2) is 16.6. The number of esters is 4. The maximum atomic E-state index is 13.6. The van der Waals surface area contributed by atoms with Crippen molar-refractivity contribution in [2.75, 3.05) is 6.61 Å². The van der Waals surface area contributed by atoms with Gasteiger partial charge in [0.25, 0.3) is 3.79 Å². The van der Waals surface area contributed by atoms with Crippen LogP contribution in [0.5, 0.6) is 0 Å². The van der Waals surface area contributed by atoms with Crippen LogP contribution in [-0.4, -0.2) is 70.9 Å². The normalized spacial score (nSPS) is 20.1. The monoisotopic (exact) mass is 739 g/mol. The van der Waals surface area contributed by atoms with Crippen molar-refractivity contribution in [2.24, 2.45) is 0 Å². The van der Waals surface area contributed by atoms with E-state index in [4.69, 9.17) is 68.6 Å². The van der Waals surface area contributed by atoms with Crippen molar-refractivity contribution in [3.63, 3.8) is 0 Å². The van der Waals surface area contributed by atoms with Crippen molar-refractivity contribution in [3.8, 4) is 0 Å². The lowest BCUT2D eigenvalue weighted by Crippen LogP contribution is -2.63. The minimum atomic E-state index is -2.40. The summed E-state index contributed by atoms with van der Waals surface area (Å²) in [6.07, 6.45) is -8.34. The molecule has 1 fully saturated rings. The van der Waals surface area contributed by atoms with Gasteiger partial charge in [-0.2, -0.15) is 0 Å². The van der Waals surface area contributed by atoms with Gasteiger partial charge < -0.3 is 28.4 Å². The lowest BCUT2D eigenvalue weighted by Gasteiger charge is -2.44. The molecule has 0 radical (unpaired) electrons. The number of alkyl halides is 3. The highest BCUT2D eigenvalue weighted by Gasteiger charge is 2.55. The quantitative estimate of drug-likeness (QED) is 0.0620. The van der Waals surface area contributed by atoms with E-state index in [-0.39, 0.29) is 22.3 Å². The molecule has 11 nitrogen and oxygen atoms in total. The Balaban J connectivity index is 1.58. The average Bonchev–Trinajstić information content (AvgIpc) is 3.13. The van der Waals surface area contributed by atoms with Crippen molar-refractivity contribution in [1.82, 2.24) is 0 Å². The van der Waals surface area contributed by atoms with Crippen LogP contribution in [0.15, 0.2) is 121 Å². The molecule has 0 spiro atoms. The average molecular weight is 741 g/mol. The van der Waals surface area contributed by atoms with Gasteiger partial charge >= 0.3 is 23.9 Å². The van der Waals surface area contributed by atoms with Crippen LogP contribution in [0.25, 0.3) is 0 Å². The van der Waals surface area contributed by atoms with Crippen molar-refractivity contribution in [2.45, 2.75) is 34.5 Å². The van der Waals surface area contributed by atoms with Gasteiger partial charge in [0.2, 0.25) is 18.3 Å². The molecular formula is C36H28Cl3NO10. The molecule has 1 aliphatic rings. The molecule has 4 aromatic rings. The van der Waals surface area contributed by atoms with Gasteiger partial charge in [0, 0.05) is 0 Å². The van der Waals surface area contributed by atoms with Crippen LogP contribution in [0, 0.1) is 5.41 Å². The Morgan fingerprint density at radius 3 is 1.30 bits per heavy atom. The number of halogens is 3. The Bertz CT molecular complexity index is 1790. The summed E-state index contributed by atoms with van der Waals surface area (Å²) in [6, 6.07) is 31.5. The van der Waals surface area contributed by atoms with Gasteiger partial charge in [-0.15, -0.1) is 0 Å². The standard InChI is InChI=1S/C36H28Cl3NO10/c37-36(38,39)35(40)50-34-29(49-33(44)25-19-11-4-12-20-25)28(48-32(43)24-17-9-3-10-18-24)27(47-31(42)23-15-7-2-8-16-23)26(46-34)21-45-30(41)22-13-5-1-6-14-22/h1-20,26-29,34,40H,21H2/t26?,27-,28?,29-,34-/m1/s1. The van der Waals surface area contributed by atoms with Crippen LogP contribution < -0.4 is 0 Å². The zero-order chi connectivity index (χ0) is 35.7. The van der Waals surface area contributed by atoms with E-state index in [1.807, 2.05) is 0 Å². The molecule has 5 atom stereocenters. The molecule has 1 heterocycles. The van der Waals surface area contributed by atoms with Gasteiger partial charge in [-0.05, 0) is 48.5 Å². The Labute approximate surface area is 301 Å². The fourth-order valence-electron chi connectivity index (χ4n) is 4.81. The summed E-state index contributed by atoms with van der Waals surface area (Å²) in [4.78, 5) is 53.5. The van der Waals surface area contributed by atoms with E-state index >= 15 is 0 Å². The highest BCUT2D eigenvalue weighted by Crippen LogP contribution is 2.35. The predicted octanol–water partition coefficient (Wildman–Crippen LogP) is 6.61. The smallest absolute Gasteiger partial charge is 0.338 e. The van der Waals surface area contributed by atoms with E-state index in [0.717, 1.165) is 0 Å². The van der Waals surface area contributed by atoms with Crippen LogP contribution in [0.3, 0.4) is 0 Å². The molecular weight excluding hydrogens is 713 g/mol. The molecule has 4 aromatic carbocycles. The third-order valence-corrected chi connectivity index (χ3v) is 7.74. The summed E-state index contributed by atoms with van der Waals surface area (Å²) in [5.74, 6) is -4.41. The third kappa shape index (κ3) is 9.39. The second-order valence-electron chi connectivity index (χ2n) is 10.7. The number of carbonyl (C=O) groups is 4. The maximum Gasteiger partial charge on any atom is 0.338 e. The molecule has 258 valence electrons. The van der Waals surface area contributed by atoms with Crippen molar-refractivity contribution < 1.29 is 47.6 Å². The number of benzene rings is 4. The summed E-state index contributed by atoms with van der Waals surface area (Å²) in [5.41, 5.74) is 0.509. The van der Waals surface area contributed by atoms with Crippen molar-refractivity contribution in [1.29, 1.82) is 5.41 Å². The van der Waals surface area contributed by atoms with Gasteiger partial charge in [0.1, 0.15) is 12.7 Å². The lowest BCUT2D eigenvalue weighted by atomic mass is 9.97. The fraction of sp³-hybridized carbons (Fsp3) is 0.194. The first-order valence-electron chi connectivity index (χ1n) is 15.0. The highest BCUT2D eigenvalue weighted by molar-refractivity contribution is 6.76. The van der Waals surface area contributed by atoms with E-state index in [2.05, 4.69) is 0 Å². The minimum absolute atomic E-state index is 0.0904. The number of nitrogens with one attached hydrogen (secondary N) is 1. The topological polar surface area (TPSA) is 148 Å². The molecule has 50 heavy (non-hydrogen) atoms. The van der Waals surface area contributed by atoms with E-state index in [1.165, 1.54) is 48.5 Å². The molecule has 1 N–H and O–H groups in total. The van der Waals surface area contributed by atoms with E-state index in [1.54, 1.807) is 72.8 Å². The third-order valence-electron chi connectivity index (χ3n) is 7.23. The van der Waals surface area contributed by atoms with Gasteiger partial charge in [-0.3, -0.25) is 5.41 Å². The minimum Gasteiger partial charge on any atom is -0.459 e. The molecule has 2 unspecified atom stereocenters. The molecule has 14 heteroatoms. The number of rotatable bonds is 10. The first-order valence-corrected chi connectivity index (χ1v) is 16.1. The zero-order valence-corrected chi connectivity index (χ0v) is 28.1. The van der Waals surface area contributed by atoms with Crippen LogP contribution in [0.4, 0.5) is 0 Å². The molecule has 5 rings (SSSR count). The number of hydrogen-bond acceptors (Lipinski definition) is 11. The fourth-order valence-corrected chi connectivity index (χ4v) is 4.94. The number of hydrogen-bond donors (Lipinski definition) is 1. The molecule has 0 aromatic heterocycles. The Hall–Kier alpha value is -4.94. The Morgan fingerprint density at radius 2 is 0.900 bits per heavy atom. The van der Waals surface area contributed by atoms with Gasteiger partial charge in [-0.1, -0.05) is 108 Å². The molecule has 0 amide bonds. The molecule has 0 saturated carbocycles. The SMILES string of the molecule is N=C(O[C@H]1OC(COC(=O)c2ccccc2)[C@@H](OC(=O)c2ccccc2)C(OC(=O)c2ccccc2)[C@H]1OC(=O)c1ccccc1)C(Cl)(Cl)Cl. The number of ether oxygens (including phenoxy) is 6. The predicted molar refractivity (Wildman–Crippen MR) is 181 cm³/mol. The Kier molecular flexibility index (Phi) is 12.1. The summed E-state index contributed by atoms with van der Waals surface area (Å²) < 4.78 is 32.5. The van der Waals surface area contributed by atoms with Crippen LogP contribution in [-0.2, 0) is 28.4 Å². The van der Waals surface area contributed by atoms with Gasteiger partial charge in [-0.25, -0.2) is 19.2 Å². The van der Waals surface area contributed by atoms with Gasteiger partial charge in [0.15, 0.2) is 12.2 Å². The van der Waals surface area contributed by atoms with E-state index in [9.17, 15) is 19.2 Å². The van der Waals surface area contributed by atoms with E-state index < -0.39 is 70.9 Å². The number of carbonyl (C=O) groups excluding carboxylic acids is 4. The molecule has 0 bridgehead atoms. The molecule has 0 aliphatic carbocycles. The largest absolute Gasteiger partial charge is 0.459 e. The van der Waals surface area contributed by atoms with Crippen LogP contribution in [0.2, 0.25) is 0 Å². The highest BCUT2D eigenvalue weighted by atomic mass is 35.6. The summed E-state index contributed by atoms with van der Waals surface area (Å²) in [6.45, 7) is -0.597. The van der Waals surface area contributed by atoms with Gasteiger partial charge in [0.05, 0.1) is 22.3 Å². The summed E-state index contributed by atoms with van der Waals surface area (Å²) in [7, 11) is 0. The summed E-state index contributed by atoms with van der Waals surface area (Å²) >= 11 is 17.8. The first kappa shape index (κ1) is 36.3. The Morgan fingerprint density at radius 1 is 0.540 bits per heavy atom. The maximum absolute atomic E-state index is 13.6. The summed E-state index contributed by atoms with van der Waals surface area (Å²) in [5, 5.41) is 8.26. The van der Waals surface area contributed by atoms with Crippen LogP contribution in [0.1, 0.15) is 41.4 Å². The van der Waals surface area contributed by atoms with E-state index in [0.29, 0.717) is 0 Å². The molecule has 1 aliphatic heterocycles. The van der Waals surface area contributed by atoms with Crippen LogP contribution >= 0.6 is 34.8 Å². The molecule has 1 saturated heterocycles. The van der Waals surface area contributed by atoms with Crippen molar-refractivity contribution >= 4 is 64.6 Å². The van der Waals surface area contributed by atoms with Crippen molar-refractivity contribution in [3.05, 3.63) is 144 Å². The first-order chi connectivity index (χ1) is 24.0. The zero-order valence-electron chi connectivity index (χ0n) is 25.9. The second-order valence-corrected chi connectivity index (χ2v) is 12.9. The lowest BCUT2D eigenvalue weighted by molar-refractivity contribution is -0.279.